The molecule has 0 radical (unpaired) electrons. The summed E-state index contributed by atoms with van der Waals surface area (Å²) in [6, 6.07) is 4.35. The topological polar surface area (TPSA) is 75.9 Å². The lowest BCUT2D eigenvalue weighted by atomic mass is 10.2. The average Bonchev–Trinajstić information content (AvgIpc) is 2.95. The van der Waals surface area contributed by atoms with Crippen LogP contribution in [-0.4, -0.2) is 9.97 Å². The first-order valence-electron chi connectivity index (χ1n) is 6.03. The van der Waals surface area contributed by atoms with E-state index in [1.54, 1.807) is 13.0 Å². The molecule has 0 fully saturated rings. The standard InChI is InChI=1S/C13H11F2N5S/c1-6-2-3-8(14)10(9(6)15)17-11-7-4-5-21-12(7)19-13(18-11)20-16/h2-5H,16H2,1H3,(H2,17,18,19,20). The van der Waals surface area contributed by atoms with Gasteiger partial charge in [-0.3, -0.25) is 5.43 Å². The van der Waals surface area contributed by atoms with Gasteiger partial charge in [0.1, 0.15) is 22.2 Å². The zero-order valence-corrected chi connectivity index (χ0v) is 11.8. The van der Waals surface area contributed by atoms with Gasteiger partial charge in [-0.05, 0) is 30.0 Å². The second-order valence-electron chi connectivity index (χ2n) is 4.36. The molecular weight excluding hydrogens is 296 g/mol. The molecule has 8 heteroatoms. The van der Waals surface area contributed by atoms with Gasteiger partial charge in [0.25, 0.3) is 0 Å². The molecule has 0 spiro atoms. The Labute approximate surface area is 122 Å². The number of hydrogen-bond donors (Lipinski definition) is 3. The van der Waals surface area contributed by atoms with E-state index in [1.807, 2.05) is 5.38 Å². The van der Waals surface area contributed by atoms with Crippen molar-refractivity contribution in [2.75, 3.05) is 10.7 Å². The molecule has 0 bridgehead atoms. The summed E-state index contributed by atoms with van der Waals surface area (Å²) in [6.45, 7) is 1.56. The van der Waals surface area contributed by atoms with E-state index in [0.29, 0.717) is 15.8 Å². The number of hydrazine groups is 1. The number of rotatable bonds is 3. The number of benzene rings is 1. The second kappa shape index (κ2) is 5.23. The molecule has 0 aliphatic heterocycles. The number of hydrogen-bond acceptors (Lipinski definition) is 6. The molecule has 1 aromatic carbocycles. The highest BCUT2D eigenvalue weighted by molar-refractivity contribution is 7.16. The molecule has 0 unspecified atom stereocenters. The number of halogens is 2. The maximum Gasteiger partial charge on any atom is 0.240 e. The Morgan fingerprint density at radius 1 is 1.19 bits per heavy atom. The molecule has 0 atom stereocenters. The van der Waals surface area contributed by atoms with E-state index < -0.39 is 11.6 Å². The lowest BCUT2D eigenvalue weighted by Gasteiger charge is -2.11. The Balaban J connectivity index is 2.14. The van der Waals surface area contributed by atoms with E-state index in [-0.39, 0.29) is 17.5 Å². The van der Waals surface area contributed by atoms with Gasteiger partial charge in [-0.15, -0.1) is 11.3 Å². The molecule has 3 rings (SSSR count). The van der Waals surface area contributed by atoms with Gasteiger partial charge in [-0.2, -0.15) is 4.98 Å². The third kappa shape index (κ3) is 2.39. The molecule has 0 amide bonds. The maximum absolute atomic E-state index is 14.1. The first-order chi connectivity index (χ1) is 10.1. The summed E-state index contributed by atoms with van der Waals surface area (Å²) in [4.78, 5) is 8.94. The zero-order chi connectivity index (χ0) is 15.0. The molecule has 0 saturated heterocycles. The number of fused-ring (bicyclic) bond motifs is 1. The summed E-state index contributed by atoms with van der Waals surface area (Å²) in [5.74, 6) is 4.42. The van der Waals surface area contributed by atoms with Crippen LogP contribution in [0.25, 0.3) is 10.2 Å². The van der Waals surface area contributed by atoms with E-state index in [0.717, 1.165) is 0 Å². The van der Waals surface area contributed by atoms with E-state index in [9.17, 15) is 8.78 Å². The zero-order valence-electron chi connectivity index (χ0n) is 10.9. The molecule has 4 N–H and O–H groups in total. The van der Waals surface area contributed by atoms with Gasteiger partial charge in [-0.25, -0.2) is 19.6 Å². The van der Waals surface area contributed by atoms with Crippen LogP contribution in [0.1, 0.15) is 5.56 Å². The van der Waals surface area contributed by atoms with Gasteiger partial charge in [0.2, 0.25) is 5.95 Å². The van der Waals surface area contributed by atoms with Crippen molar-refractivity contribution in [3.63, 3.8) is 0 Å². The van der Waals surface area contributed by atoms with Crippen LogP contribution in [0, 0.1) is 18.6 Å². The highest BCUT2D eigenvalue weighted by Gasteiger charge is 2.15. The monoisotopic (exact) mass is 307 g/mol. The lowest BCUT2D eigenvalue weighted by Crippen LogP contribution is -2.11. The molecule has 3 aromatic rings. The molecule has 2 aromatic heterocycles. The van der Waals surface area contributed by atoms with Crippen molar-refractivity contribution in [3.05, 3.63) is 40.8 Å². The molecule has 2 heterocycles. The number of aryl methyl sites for hydroxylation is 1. The fourth-order valence-electron chi connectivity index (χ4n) is 1.90. The van der Waals surface area contributed by atoms with Crippen molar-refractivity contribution in [2.24, 2.45) is 5.84 Å². The van der Waals surface area contributed by atoms with Crippen molar-refractivity contribution >= 4 is 39.0 Å². The van der Waals surface area contributed by atoms with Gasteiger partial charge >= 0.3 is 0 Å². The highest BCUT2D eigenvalue weighted by atomic mass is 32.1. The largest absolute Gasteiger partial charge is 0.335 e. The number of nitrogens with zero attached hydrogens (tertiary/aromatic N) is 2. The van der Waals surface area contributed by atoms with Crippen molar-refractivity contribution < 1.29 is 8.78 Å². The Bertz CT molecular complexity index is 818. The summed E-state index contributed by atoms with van der Waals surface area (Å²) >= 11 is 1.38. The summed E-state index contributed by atoms with van der Waals surface area (Å²) in [5, 5.41) is 5.17. The normalized spacial score (nSPS) is 10.9. The third-order valence-corrected chi connectivity index (χ3v) is 3.79. The van der Waals surface area contributed by atoms with Crippen LogP contribution in [0.2, 0.25) is 0 Å². The molecule has 0 aliphatic carbocycles. The summed E-state index contributed by atoms with van der Waals surface area (Å²) in [6.07, 6.45) is 0. The number of nitrogen functional groups attached to an aromatic ring is 1. The van der Waals surface area contributed by atoms with Crippen LogP contribution in [0.5, 0.6) is 0 Å². The second-order valence-corrected chi connectivity index (χ2v) is 5.25. The number of anilines is 3. The fourth-order valence-corrected chi connectivity index (χ4v) is 2.67. The minimum absolute atomic E-state index is 0.168. The third-order valence-electron chi connectivity index (χ3n) is 2.98. The minimum atomic E-state index is -0.692. The van der Waals surface area contributed by atoms with Crippen LogP contribution >= 0.6 is 11.3 Å². The minimum Gasteiger partial charge on any atom is -0.335 e. The predicted octanol–water partition coefficient (Wildman–Crippen LogP) is 3.31. The summed E-state index contributed by atoms with van der Waals surface area (Å²) < 4.78 is 27.9. The van der Waals surface area contributed by atoms with E-state index in [2.05, 4.69) is 20.7 Å². The molecule has 0 saturated carbocycles. The van der Waals surface area contributed by atoms with E-state index in [4.69, 9.17) is 5.84 Å². The average molecular weight is 307 g/mol. The molecule has 21 heavy (non-hydrogen) atoms. The fraction of sp³-hybridized carbons (Fsp3) is 0.0769. The first-order valence-corrected chi connectivity index (χ1v) is 6.91. The van der Waals surface area contributed by atoms with Gasteiger partial charge < -0.3 is 5.32 Å². The maximum atomic E-state index is 14.1. The van der Waals surface area contributed by atoms with Crippen LogP contribution < -0.4 is 16.6 Å². The van der Waals surface area contributed by atoms with Crippen molar-refractivity contribution in [2.45, 2.75) is 6.92 Å². The number of nitrogens with two attached hydrogens (primary N) is 1. The highest BCUT2D eigenvalue weighted by Crippen LogP contribution is 2.31. The van der Waals surface area contributed by atoms with Crippen molar-refractivity contribution in [1.82, 2.24) is 9.97 Å². The van der Waals surface area contributed by atoms with Gasteiger partial charge in [0, 0.05) is 0 Å². The quantitative estimate of drug-likeness (QED) is 0.511. The SMILES string of the molecule is Cc1ccc(F)c(Nc2nc(NN)nc3sccc23)c1F. The lowest BCUT2D eigenvalue weighted by molar-refractivity contribution is 0.585. The number of nitrogens with one attached hydrogen (secondary N) is 2. The summed E-state index contributed by atoms with van der Waals surface area (Å²) in [7, 11) is 0. The Hall–Kier alpha value is -2.32. The molecule has 0 aliphatic rings. The van der Waals surface area contributed by atoms with E-state index in [1.165, 1.54) is 23.5 Å². The van der Waals surface area contributed by atoms with Crippen LogP contribution in [0.3, 0.4) is 0 Å². The predicted molar refractivity (Wildman–Crippen MR) is 79.6 cm³/mol. The first kappa shape index (κ1) is 13.7. The van der Waals surface area contributed by atoms with Gasteiger partial charge in [0.05, 0.1) is 5.39 Å². The smallest absolute Gasteiger partial charge is 0.240 e. The van der Waals surface area contributed by atoms with Crippen LogP contribution in [0.15, 0.2) is 23.6 Å². The number of thiophene rings is 1. The Kier molecular flexibility index (Phi) is 3.40. The molecule has 108 valence electrons. The van der Waals surface area contributed by atoms with Crippen LogP contribution in [0.4, 0.5) is 26.2 Å². The molecule has 5 nitrogen and oxygen atoms in total. The van der Waals surface area contributed by atoms with Crippen molar-refractivity contribution in [3.8, 4) is 0 Å². The Morgan fingerprint density at radius 3 is 2.76 bits per heavy atom. The Morgan fingerprint density at radius 2 is 2.00 bits per heavy atom. The number of aromatic nitrogens is 2. The van der Waals surface area contributed by atoms with Crippen molar-refractivity contribution in [1.29, 1.82) is 0 Å². The van der Waals surface area contributed by atoms with E-state index >= 15 is 0 Å². The van der Waals surface area contributed by atoms with Gasteiger partial charge in [0.15, 0.2) is 5.82 Å². The molecular formula is C13H11F2N5S. The summed E-state index contributed by atoms with van der Waals surface area (Å²) in [5.41, 5.74) is 2.43. The van der Waals surface area contributed by atoms with Gasteiger partial charge in [-0.1, -0.05) is 6.07 Å². The van der Waals surface area contributed by atoms with Crippen LogP contribution in [-0.2, 0) is 0 Å².